The van der Waals surface area contributed by atoms with Crippen LogP contribution in [0.2, 0.25) is 5.15 Å². The van der Waals surface area contributed by atoms with Crippen LogP contribution in [0.1, 0.15) is 15.9 Å². The summed E-state index contributed by atoms with van der Waals surface area (Å²) in [5, 5.41) is 7.60. The van der Waals surface area contributed by atoms with Crippen molar-refractivity contribution in [3.63, 3.8) is 0 Å². The Bertz CT molecular complexity index is 378. The highest BCUT2D eigenvalue weighted by atomic mass is 35.5. The number of hydrogen-bond donors (Lipinski definition) is 1. The van der Waals surface area contributed by atoms with Gasteiger partial charge in [0.1, 0.15) is 10.7 Å². The zero-order valence-electron chi connectivity index (χ0n) is 6.47. The Labute approximate surface area is 81.1 Å². The summed E-state index contributed by atoms with van der Waals surface area (Å²) >= 11 is 5.16. The number of nitrogens with zero attached hydrogens (tertiary/aromatic N) is 1. The third kappa shape index (κ3) is 1.95. The summed E-state index contributed by atoms with van der Waals surface area (Å²) in [6, 6.07) is 0.747. The van der Waals surface area contributed by atoms with Crippen molar-refractivity contribution < 1.29 is 23.1 Å². The third-order valence-corrected chi connectivity index (χ3v) is 1.71. The smallest absolute Gasteiger partial charge is 0.420 e. The fourth-order valence-corrected chi connectivity index (χ4v) is 1.15. The Balaban J connectivity index is 3.45. The van der Waals surface area contributed by atoms with E-state index in [-0.39, 0.29) is 0 Å². The molecule has 0 saturated heterocycles. The lowest BCUT2D eigenvalue weighted by Crippen LogP contribution is -2.14. The Kier molecular flexibility index (Phi) is 2.66. The fourth-order valence-electron chi connectivity index (χ4n) is 0.884. The van der Waals surface area contributed by atoms with Crippen LogP contribution in [0.25, 0.3) is 0 Å². The second-order valence-electron chi connectivity index (χ2n) is 2.33. The number of pyridine rings is 1. The number of carboxylic acids is 1. The van der Waals surface area contributed by atoms with Crippen molar-refractivity contribution >= 4 is 17.6 Å². The SMILES string of the molecule is O=C(O)c1ccnc(Cl)c1C(F)(F)F. The zero-order valence-corrected chi connectivity index (χ0v) is 7.23. The van der Waals surface area contributed by atoms with E-state index >= 15 is 0 Å². The second kappa shape index (κ2) is 3.45. The maximum atomic E-state index is 12.3. The quantitative estimate of drug-likeness (QED) is 0.747. The standard InChI is InChI=1S/C7H3ClF3NO2/c8-5-4(7(9,10)11)3(6(13)14)1-2-12-5/h1-2H,(H,13,14). The normalized spacial score (nSPS) is 11.4. The van der Waals surface area contributed by atoms with Gasteiger partial charge in [0.15, 0.2) is 0 Å². The van der Waals surface area contributed by atoms with E-state index in [1.165, 1.54) is 0 Å². The van der Waals surface area contributed by atoms with Crippen LogP contribution in [0.4, 0.5) is 13.2 Å². The highest BCUT2D eigenvalue weighted by Crippen LogP contribution is 2.35. The molecular formula is C7H3ClF3NO2. The van der Waals surface area contributed by atoms with Crippen molar-refractivity contribution in [1.29, 1.82) is 0 Å². The molecule has 1 N–H and O–H groups in total. The van der Waals surface area contributed by atoms with Crippen LogP contribution in [0, 0.1) is 0 Å². The summed E-state index contributed by atoms with van der Waals surface area (Å²) in [5.41, 5.74) is -2.33. The van der Waals surface area contributed by atoms with Crippen LogP contribution in [0.5, 0.6) is 0 Å². The van der Waals surface area contributed by atoms with Crippen LogP contribution in [0.15, 0.2) is 12.3 Å². The summed E-state index contributed by atoms with van der Waals surface area (Å²) in [7, 11) is 0. The topological polar surface area (TPSA) is 50.2 Å². The van der Waals surface area contributed by atoms with Gasteiger partial charge in [0.2, 0.25) is 0 Å². The van der Waals surface area contributed by atoms with Gasteiger partial charge in [0, 0.05) is 6.20 Å². The van der Waals surface area contributed by atoms with Crippen LogP contribution in [0.3, 0.4) is 0 Å². The summed E-state index contributed by atoms with van der Waals surface area (Å²) in [4.78, 5) is 13.6. The first-order valence-electron chi connectivity index (χ1n) is 3.29. The average Bonchev–Trinajstić information content (AvgIpc) is 2.01. The summed E-state index contributed by atoms with van der Waals surface area (Å²) in [6.45, 7) is 0. The molecule has 0 aliphatic heterocycles. The highest BCUT2D eigenvalue weighted by Gasteiger charge is 2.38. The van der Waals surface area contributed by atoms with Crippen molar-refractivity contribution in [1.82, 2.24) is 4.98 Å². The highest BCUT2D eigenvalue weighted by molar-refractivity contribution is 6.30. The number of hydrogen-bond acceptors (Lipinski definition) is 2. The van der Waals surface area contributed by atoms with Gasteiger partial charge in [-0.05, 0) is 6.07 Å². The molecule has 0 spiro atoms. The largest absolute Gasteiger partial charge is 0.478 e. The molecule has 1 rings (SSSR count). The molecular weight excluding hydrogens is 223 g/mol. The van der Waals surface area contributed by atoms with Gasteiger partial charge in [0.25, 0.3) is 0 Å². The maximum Gasteiger partial charge on any atom is 0.420 e. The van der Waals surface area contributed by atoms with E-state index in [0.29, 0.717) is 0 Å². The Morgan fingerprint density at radius 1 is 1.50 bits per heavy atom. The van der Waals surface area contributed by atoms with Crippen molar-refractivity contribution in [2.75, 3.05) is 0 Å². The molecule has 0 unspecified atom stereocenters. The predicted molar refractivity (Wildman–Crippen MR) is 41.2 cm³/mol. The minimum absolute atomic E-state index is 0.747. The van der Waals surface area contributed by atoms with Gasteiger partial charge >= 0.3 is 12.1 Å². The second-order valence-corrected chi connectivity index (χ2v) is 2.69. The number of carboxylic acid groups (broad SMARTS) is 1. The number of carbonyl (C=O) groups is 1. The summed E-state index contributed by atoms with van der Waals surface area (Å²) in [5.74, 6) is -1.69. The maximum absolute atomic E-state index is 12.3. The van der Waals surface area contributed by atoms with Crippen molar-refractivity contribution in [2.24, 2.45) is 0 Å². The number of aromatic carboxylic acids is 1. The Morgan fingerprint density at radius 3 is 2.43 bits per heavy atom. The molecule has 0 aromatic carbocycles. The van der Waals surface area contributed by atoms with E-state index in [0.717, 1.165) is 12.3 Å². The van der Waals surface area contributed by atoms with Crippen LogP contribution >= 0.6 is 11.6 Å². The van der Waals surface area contributed by atoms with E-state index in [2.05, 4.69) is 4.98 Å². The van der Waals surface area contributed by atoms with Gasteiger partial charge in [-0.2, -0.15) is 13.2 Å². The molecule has 1 aromatic heterocycles. The van der Waals surface area contributed by atoms with Gasteiger partial charge in [0.05, 0.1) is 5.56 Å². The fraction of sp³-hybridized carbons (Fsp3) is 0.143. The number of alkyl halides is 3. The van der Waals surface area contributed by atoms with Crippen LogP contribution < -0.4 is 0 Å². The van der Waals surface area contributed by atoms with Gasteiger partial charge in [-0.25, -0.2) is 9.78 Å². The van der Waals surface area contributed by atoms with Crippen LogP contribution in [-0.4, -0.2) is 16.1 Å². The molecule has 0 aliphatic rings. The first kappa shape index (κ1) is 10.8. The van der Waals surface area contributed by atoms with Gasteiger partial charge in [-0.15, -0.1) is 0 Å². The molecule has 0 amide bonds. The van der Waals surface area contributed by atoms with Gasteiger partial charge in [-0.3, -0.25) is 0 Å². The molecule has 1 aromatic rings. The van der Waals surface area contributed by atoms with E-state index in [4.69, 9.17) is 16.7 Å². The summed E-state index contributed by atoms with van der Waals surface area (Å²) < 4.78 is 36.8. The predicted octanol–water partition coefficient (Wildman–Crippen LogP) is 2.45. The minimum atomic E-state index is -4.82. The van der Waals surface area contributed by atoms with E-state index < -0.39 is 28.4 Å². The first-order valence-corrected chi connectivity index (χ1v) is 3.67. The first-order chi connectivity index (χ1) is 6.34. The third-order valence-electron chi connectivity index (χ3n) is 1.42. The Morgan fingerprint density at radius 2 is 2.07 bits per heavy atom. The molecule has 14 heavy (non-hydrogen) atoms. The van der Waals surface area contributed by atoms with Crippen molar-refractivity contribution in [3.8, 4) is 0 Å². The lowest BCUT2D eigenvalue weighted by molar-refractivity contribution is -0.138. The number of rotatable bonds is 1. The molecule has 0 fully saturated rings. The zero-order chi connectivity index (χ0) is 10.9. The molecule has 76 valence electrons. The molecule has 1 heterocycles. The summed E-state index contributed by atoms with van der Waals surface area (Å²) in [6.07, 6.45) is -3.92. The molecule has 0 bridgehead atoms. The van der Waals surface area contributed by atoms with Crippen molar-refractivity contribution in [2.45, 2.75) is 6.18 Å². The van der Waals surface area contributed by atoms with Crippen molar-refractivity contribution in [3.05, 3.63) is 28.5 Å². The number of halogens is 4. The lowest BCUT2D eigenvalue weighted by atomic mass is 10.1. The van der Waals surface area contributed by atoms with E-state index in [1.807, 2.05) is 0 Å². The lowest BCUT2D eigenvalue weighted by Gasteiger charge is -2.10. The Hall–Kier alpha value is -1.30. The van der Waals surface area contributed by atoms with Gasteiger partial charge < -0.3 is 5.11 Å². The van der Waals surface area contributed by atoms with Gasteiger partial charge in [-0.1, -0.05) is 11.6 Å². The van der Waals surface area contributed by atoms with Crippen LogP contribution in [-0.2, 0) is 6.18 Å². The van der Waals surface area contributed by atoms with E-state index in [1.54, 1.807) is 0 Å². The molecule has 7 heteroatoms. The molecule has 0 aliphatic carbocycles. The average molecular weight is 226 g/mol. The molecule has 0 atom stereocenters. The minimum Gasteiger partial charge on any atom is -0.478 e. The molecule has 3 nitrogen and oxygen atoms in total. The van der Waals surface area contributed by atoms with E-state index in [9.17, 15) is 18.0 Å². The molecule has 0 saturated carbocycles. The monoisotopic (exact) mass is 225 g/mol. The number of aromatic nitrogens is 1. The molecule has 0 radical (unpaired) electrons.